The fourth-order valence-electron chi connectivity index (χ4n) is 2.01. The molecule has 1 aromatic heterocycles. The van der Waals surface area contributed by atoms with Crippen molar-refractivity contribution in [2.24, 2.45) is 0 Å². The summed E-state index contributed by atoms with van der Waals surface area (Å²) in [6.45, 7) is 1.90. The Morgan fingerprint density at radius 1 is 1.39 bits per heavy atom. The Labute approximate surface area is 104 Å². The summed E-state index contributed by atoms with van der Waals surface area (Å²) in [5.41, 5.74) is 1.61. The lowest BCUT2D eigenvalue weighted by Gasteiger charge is -2.24. The topological polar surface area (TPSA) is 49.9 Å². The molecule has 2 aromatic rings. The molecule has 18 heavy (non-hydrogen) atoms. The number of aromatic amines is 1. The molecular formula is C13H14FN3O. The van der Waals surface area contributed by atoms with Crippen LogP contribution in [0.15, 0.2) is 24.4 Å². The minimum atomic E-state index is -0.364. The molecule has 0 radical (unpaired) electrons. The third-order valence-corrected chi connectivity index (χ3v) is 3.23. The molecule has 1 aliphatic rings. The molecule has 0 aliphatic carbocycles. The van der Waals surface area contributed by atoms with Crippen molar-refractivity contribution in [2.45, 2.75) is 5.92 Å². The summed E-state index contributed by atoms with van der Waals surface area (Å²) in [4.78, 5) is 7.58. The second-order valence-corrected chi connectivity index (χ2v) is 4.39. The monoisotopic (exact) mass is 247 g/mol. The van der Waals surface area contributed by atoms with Gasteiger partial charge < -0.3 is 15.0 Å². The van der Waals surface area contributed by atoms with Gasteiger partial charge in [0.25, 0.3) is 0 Å². The predicted octanol–water partition coefficient (Wildman–Crippen LogP) is 1.91. The molecule has 1 fully saturated rings. The van der Waals surface area contributed by atoms with Gasteiger partial charge in [-0.3, -0.25) is 0 Å². The van der Waals surface area contributed by atoms with Gasteiger partial charge in [0.1, 0.15) is 5.82 Å². The van der Waals surface area contributed by atoms with Crippen LogP contribution in [0.1, 0.15) is 11.7 Å². The highest BCUT2D eigenvalue weighted by Crippen LogP contribution is 2.26. The van der Waals surface area contributed by atoms with Crippen LogP contribution in [0.4, 0.5) is 4.39 Å². The maximum atomic E-state index is 13.6. The molecule has 2 heterocycles. The molecule has 2 N–H and O–H groups in total. The van der Waals surface area contributed by atoms with Gasteiger partial charge in [-0.25, -0.2) is 9.37 Å². The summed E-state index contributed by atoms with van der Waals surface area (Å²) in [6.07, 6.45) is 1.74. The summed E-state index contributed by atoms with van der Waals surface area (Å²) in [6, 6.07) is 4.89. The average Bonchev–Trinajstić information content (AvgIpc) is 2.76. The van der Waals surface area contributed by atoms with Crippen LogP contribution in [0.3, 0.4) is 0 Å². The highest BCUT2D eigenvalue weighted by atomic mass is 19.1. The van der Waals surface area contributed by atoms with Crippen LogP contribution in [0.5, 0.6) is 5.75 Å². The maximum absolute atomic E-state index is 13.6. The summed E-state index contributed by atoms with van der Waals surface area (Å²) in [5, 5.41) is 3.20. The van der Waals surface area contributed by atoms with Crippen molar-refractivity contribution in [2.75, 3.05) is 20.2 Å². The first kappa shape index (κ1) is 11.2. The molecule has 0 bridgehead atoms. The molecule has 0 unspecified atom stereocenters. The average molecular weight is 247 g/mol. The van der Waals surface area contributed by atoms with Gasteiger partial charge >= 0.3 is 0 Å². The number of H-pyrrole nitrogens is 1. The number of aromatic nitrogens is 2. The zero-order valence-electron chi connectivity index (χ0n) is 10.0. The number of hydrogen-bond donors (Lipinski definition) is 2. The number of ether oxygens (including phenoxy) is 1. The van der Waals surface area contributed by atoms with E-state index in [0.717, 1.165) is 30.2 Å². The number of rotatable bonds is 3. The molecular weight excluding hydrogens is 233 g/mol. The Balaban J connectivity index is 1.89. The van der Waals surface area contributed by atoms with Crippen LogP contribution in [0, 0.1) is 5.82 Å². The Kier molecular flexibility index (Phi) is 2.76. The van der Waals surface area contributed by atoms with Gasteiger partial charge in [-0.2, -0.15) is 0 Å². The van der Waals surface area contributed by atoms with Crippen molar-refractivity contribution < 1.29 is 9.13 Å². The second kappa shape index (κ2) is 4.42. The van der Waals surface area contributed by atoms with E-state index in [-0.39, 0.29) is 11.6 Å². The highest BCUT2D eigenvalue weighted by Gasteiger charge is 2.21. The lowest BCUT2D eigenvalue weighted by atomic mass is 10.0. The van der Waals surface area contributed by atoms with E-state index in [0.29, 0.717) is 5.92 Å². The quantitative estimate of drug-likeness (QED) is 0.871. The van der Waals surface area contributed by atoms with E-state index in [1.807, 2.05) is 6.07 Å². The summed E-state index contributed by atoms with van der Waals surface area (Å²) in [5.74, 6) is 1.29. The molecule has 1 aliphatic heterocycles. The standard InChI is InChI=1S/C13H14FN3O/c1-18-12-3-2-8(4-10(12)14)11-7-16-13(17-11)9-5-15-6-9/h2-4,7,9,15H,5-6H2,1H3,(H,16,17). The van der Waals surface area contributed by atoms with Gasteiger partial charge in [0, 0.05) is 24.6 Å². The zero-order valence-corrected chi connectivity index (χ0v) is 10.0. The fourth-order valence-corrected chi connectivity index (χ4v) is 2.01. The molecule has 0 amide bonds. The predicted molar refractivity (Wildman–Crippen MR) is 66.1 cm³/mol. The van der Waals surface area contributed by atoms with Crippen LogP contribution < -0.4 is 10.1 Å². The van der Waals surface area contributed by atoms with E-state index in [4.69, 9.17) is 4.74 Å². The van der Waals surface area contributed by atoms with Crippen molar-refractivity contribution in [3.8, 4) is 17.0 Å². The van der Waals surface area contributed by atoms with Gasteiger partial charge in [0.2, 0.25) is 0 Å². The van der Waals surface area contributed by atoms with Crippen LogP contribution in [-0.2, 0) is 0 Å². The number of nitrogens with one attached hydrogen (secondary N) is 2. The smallest absolute Gasteiger partial charge is 0.165 e. The third kappa shape index (κ3) is 1.86. The Bertz CT molecular complexity index is 563. The number of benzene rings is 1. The van der Waals surface area contributed by atoms with Crippen molar-refractivity contribution >= 4 is 0 Å². The molecule has 0 atom stereocenters. The first-order chi connectivity index (χ1) is 8.78. The molecule has 0 spiro atoms. The molecule has 4 nitrogen and oxygen atoms in total. The highest BCUT2D eigenvalue weighted by molar-refractivity contribution is 5.60. The van der Waals surface area contributed by atoms with Gasteiger partial charge in [-0.1, -0.05) is 0 Å². The molecule has 1 aromatic carbocycles. The SMILES string of the molecule is COc1ccc(-c2cnc(C3CNC3)[nH]2)cc1F. The number of nitrogens with zero attached hydrogens (tertiary/aromatic N) is 1. The van der Waals surface area contributed by atoms with Crippen molar-refractivity contribution in [3.05, 3.63) is 36.0 Å². The largest absolute Gasteiger partial charge is 0.494 e. The van der Waals surface area contributed by atoms with E-state index in [9.17, 15) is 4.39 Å². The number of halogens is 1. The first-order valence-corrected chi connectivity index (χ1v) is 5.87. The van der Waals surface area contributed by atoms with E-state index in [2.05, 4.69) is 15.3 Å². The van der Waals surface area contributed by atoms with Crippen molar-refractivity contribution in [1.82, 2.24) is 15.3 Å². The fraction of sp³-hybridized carbons (Fsp3) is 0.308. The lowest BCUT2D eigenvalue weighted by molar-refractivity contribution is 0.386. The van der Waals surface area contributed by atoms with Crippen LogP contribution >= 0.6 is 0 Å². The number of hydrogen-bond acceptors (Lipinski definition) is 3. The Morgan fingerprint density at radius 3 is 2.83 bits per heavy atom. The maximum Gasteiger partial charge on any atom is 0.165 e. The van der Waals surface area contributed by atoms with E-state index >= 15 is 0 Å². The molecule has 3 rings (SSSR count). The van der Waals surface area contributed by atoms with Gasteiger partial charge in [0.05, 0.1) is 19.0 Å². The van der Waals surface area contributed by atoms with Gasteiger partial charge in [0.15, 0.2) is 11.6 Å². The molecule has 5 heteroatoms. The van der Waals surface area contributed by atoms with Crippen LogP contribution in [0.2, 0.25) is 0 Å². The minimum Gasteiger partial charge on any atom is -0.494 e. The second-order valence-electron chi connectivity index (χ2n) is 4.39. The first-order valence-electron chi connectivity index (χ1n) is 5.87. The van der Waals surface area contributed by atoms with Gasteiger partial charge in [-0.05, 0) is 18.2 Å². The minimum absolute atomic E-state index is 0.252. The Hall–Kier alpha value is -1.88. The summed E-state index contributed by atoms with van der Waals surface area (Å²) in [7, 11) is 1.45. The van der Waals surface area contributed by atoms with E-state index < -0.39 is 0 Å². The normalized spacial score (nSPS) is 15.4. The number of imidazole rings is 1. The van der Waals surface area contributed by atoms with E-state index in [1.165, 1.54) is 13.2 Å². The van der Waals surface area contributed by atoms with Crippen molar-refractivity contribution in [1.29, 1.82) is 0 Å². The third-order valence-electron chi connectivity index (χ3n) is 3.23. The Morgan fingerprint density at radius 2 is 2.22 bits per heavy atom. The lowest BCUT2D eigenvalue weighted by Crippen LogP contribution is -2.40. The molecule has 1 saturated heterocycles. The number of methoxy groups -OCH3 is 1. The summed E-state index contributed by atoms with van der Waals surface area (Å²) < 4.78 is 18.5. The molecule has 0 saturated carbocycles. The van der Waals surface area contributed by atoms with E-state index in [1.54, 1.807) is 12.3 Å². The van der Waals surface area contributed by atoms with Crippen LogP contribution in [0.25, 0.3) is 11.3 Å². The zero-order chi connectivity index (χ0) is 12.5. The van der Waals surface area contributed by atoms with Crippen molar-refractivity contribution in [3.63, 3.8) is 0 Å². The van der Waals surface area contributed by atoms with Crippen LogP contribution in [-0.4, -0.2) is 30.2 Å². The van der Waals surface area contributed by atoms with Gasteiger partial charge in [-0.15, -0.1) is 0 Å². The summed E-state index contributed by atoms with van der Waals surface area (Å²) >= 11 is 0. The molecule has 94 valence electrons.